The van der Waals surface area contributed by atoms with Crippen LogP contribution in [0.25, 0.3) is 11.2 Å². The summed E-state index contributed by atoms with van der Waals surface area (Å²) >= 11 is 0. The number of ketones is 1. The molecule has 4 heterocycles. The third-order valence-corrected chi connectivity index (χ3v) is 5.81. The minimum Gasteiger partial charge on any atom is -0.368 e. The van der Waals surface area contributed by atoms with Crippen molar-refractivity contribution in [2.45, 2.75) is 19.9 Å². The molecule has 0 amide bonds. The molecule has 1 saturated heterocycles. The maximum absolute atomic E-state index is 14.4. The number of aromatic nitrogens is 5. The Balaban J connectivity index is 0.00000171. The molecular weight excluding hydrogens is 496 g/mol. The second-order valence-corrected chi connectivity index (χ2v) is 8.03. The quantitative estimate of drug-likeness (QED) is 0.413. The summed E-state index contributed by atoms with van der Waals surface area (Å²) in [4.78, 5) is 35.6. The van der Waals surface area contributed by atoms with Gasteiger partial charge < -0.3 is 10.6 Å². The highest BCUT2D eigenvalue weighted by molar-refractivity contribution is 7.59. The van der Waals surface area contributed by atoms with Gasteiger partial charge in [-0.05, 0) is 37.3 Å². The van der Waals surface area contributed by atoms with Crippen LogP contribution in [0, 0.1) is 17.6 Å². The van der Waals surface area contributed by atoms with Crippen LogP contribution in [-0.4, -0.2) is 36.5 Å². The number of nitrogens with two attached hydrogens (primary N) is 1. The zero-order valence-corrected chi connectivity index (χ0v) is 20.7. The summed E-state index contributed by atoms with van der Waals surface area (Å²) in [6.45, 7) is 3.87. The summed E-state index contributed by atoms with van der Waals surface area (Å²) in [7, 11) is 0. The highest BCUT2D eigenvalue weighted by atomic mass is 32.1. The van der Waals surface area contributed by atoms with Gasteiger partial charge in [-0.3, -0.25) is 14.2 Å². The molecule has 0 saturated carbocycles. The first-order valence-electron chi connectivity index (χ1n) is 10.2. The van der Waals surface area contributed by atoms with Gasteiger partial charge in [0.05, 0.1) is 17.3 Å². The molecule has 5 rings (SSSR count). The molecule has 3 aromatic heterocycles. The van der Waals surface area contributed by atoms with E-state index in [-0.39, 0.29) is 55.7 Å². The van der Waals surface area contributed by atoms with E-state index in [0.717, 1.165) is 6.07 Å². The molecular formula is C22H23F2N7O2S2. The molecule has 1 aliphatic rings. The van der Waals surface area contributed by atoms with Crippen LogP contribution in [0.5, 0.6) is 0 Å². The van der Waals surface area contributed by atoms with Crippen LogP contribution < -0.4 is 16.2 Å². The summed E-state index contributed by atoms with van der Waals surface area (Å²) in [6, 6.07) is 5.94. The Morgan fingerprint density at radius 1 is 1.14 bits per heavy atom. The molecule has 1 fully saturated rings. The van der Waals surface area contributed by atoms with Crippen LogP contribution >= 0.6 is 27.0 Å². The minimum absolute atomic E-state index is 0. The molecule has 2 atom stereocenters. The average Bonchev–Trinajstić information content (AvgIpc) is 3.13. The van der Waals surface area contributed by atoms with Crippen LogP contribution in [0.4, 0.5) is 20.5 Å². The second kappa shape index (κ2) is 9.66. The van der Waals surface area contributed by atoms with E-state index in [9.17, 15) is 18.4 Å². The first-order valence-corrected chi connectivity index (χ1v) is 10.2. The zero-order chi connectivity index (χ0) is 23.4. The van der Waals surface area contributed by atoms with E-state index < -0.39 is 23.2 Å². The number of benzene rings is 1. The number of nitrogen functional groups attached to an aromatic ring is 1. The Bertz CT molecular complexity index is 1470. The maximum atomic E-state index is 14.4. The van der Waals surface area contributed by atoms with Gasteiger partial charge in [0.25, 0.3) is 5.56 Å². The van der Waals surface area contributed by atoms with Crippen molar-refractivity contribution in [1.29, 1.82) is 0 Å². The lowest BCUT2D eigenvalue weighted by Gasteiger charge is -2.47. The number of carbonyl (C=O) groups is 1. The molecule has 0 aliphatic carbocycles. The molecule has 35 heavy (non-hydrogen) atoms. The first-order chi connectivity index (χ1) is 15.8. The van der Waals surface area contributed by atoms with Crippen molar-refractivity contribution in [2.24, 2.45) is 5.92 Å². The maximum Gasteiger partial charge on any atom is 0.285 e. The van der Waals surface area contributed by atoms with E-state index in [2.05, 4.69) is 15.1 Å². The molecule has 184 valence electrons. The number of Topliss-reactive ketones (excluding diaryl/α,β-unsaturated/α-hetero) is 1. The fourth-order valence-electron chi connectivity index (χ4n) is 4.24. The van der Waals surface area contributed by atoms with Crippen molar-refractivity contribution in [2.75, 3.05) is 17.2 Å². The smallest absolute Gasteiger partial charge is 0.285 e. The largest absolute Gasteiger partial charge is 0.368 e. The molecule has 13 heteroatoms. The monoisotopic (exact) mass is 519 g/mol. The van der Waals surface area contributed by atoms with Gasteiger partial charge in [-0.2, -0.15) is 37.1 Å². The third-order valence-electron chi connectivity index (χ3n) is 5.81. The van der Waals surface area contributed by atoms with Crippen molar-refractivity contribution in [1.82, 2.24) is 24.1 Å². The molecule has 1 aromatic carbocycles. The fraction of sp³-hybridized carbons (Fsp3) is 0.227. The Labute approximate surface area is 212 Å². The number of nitrogens with zero attached hydrogens (tertiary/aromatic N) is 6. The standard InChI is InChI=1S/C22H19F2N7O2.2H2S/c1-11-10-29(19-15(12(2)32)9-26-22(25)27-19)17(11)20-28-30-8-7-16(24)18(30)21(33)31(20)14-5-3-13(23)4-6-14;;/h3-9,11,17H,10H2,1-2H3,(H2,25,26,27);2*1H2/t11-,17?;;/m0../s1. The van der Waals surface area contributed by atoms with Crippen LogP contribution in [0.3, 0.4) is 0 Å². The molecule has 4 aromatic rings. The molecule has 0 radical (unpaired) electrons. The Morgan fingerprint density at radius 2 is 1.83 bits per heavy atom. The van der Waals surface area contributed by atoms with Gasteiger partial charge in [0.15, 0.2) is 22.9 Å². The van der Waals surface area contributed by atoms with E-state index in [0.29, 0.717) is 23.9 Å². The van der Waals surface area contributed by atoms with Gasteiger partial charge in [0, 0.05) is 24.9 Å². The van der Waals surface area contributed by atoms with Crippen LogP contribution in [0.2, 0.25) is 0 Å². The minimum atomic E-state index is -0.712. The van der Waals surface area contributed by atoms with Gasteiger partial charge in [-0.1, -0.05) is 6.92 Å². The molecule has 2 N–H and O–H groups in total. The molecule has 0 bridgehead atoms. The highest BCUT2D eigenvalue weighted by Gasteiger charge is 2.43. The zero-order valence-electron chi connectivity index (χ0n) is 18.7. The number of hydrogen-bond acceptors (Lipinski definition) is 7. The van der Waals surface area contributed by atoms with E-state index in [1.165, 1.54) is 52.7 Å². The Kier molecular flexibility index (Phi) is 7.22. The third kappa shape index (κ3) is 4.25. The predicted molar refractivity (Wildman–Crippen MR) is 137 cm³/mol. The van der Waals surface area contributed by atoms with Crippen LogP contribution in [0.15, 0.2) is 47.5 Å². The van der Waals surface area contributed by atoms with Crippen molar-refractivity contribution < 1.29 is 13.6 Å². The number of anilines is 2. The normalized spacial score (nSPS) is 16.9. The summed E-state index contributed by atoms with van der Waals surface area (Å²) in [6.07, 6.45) is 2.73. The number of carbonyl (C=O) groups excluding carboxylic acids is 1. The highest BCUT2D eigenvalue weighted by Crippen LogP contribution is 2.42. The second-order valence-electron chi connectivity index (χ2n) is 8.03. The Hall–Kier alpha value is -3.45. The van der Waals surface area contributed by atoms with Gasteiger partial charge in [0.2, 0.25) is 5.95 Å². The summed E-state index contributed by atoms with van der Waals surface area (Å²) in [5.41, 5.74) is 5.54. The number of fused-ring (bicyclic) bond motifs is 1. The summed E-state index contributed by atoms with van der Waals surface area (Å²) in [5.74, 6) is -0.807. The summed E-state index contributed by atoms with van der Waals surface area (Å²) < 4.78 is 30.4. The average molecular weight is 520 g/mol. The molecule has 9 nitrogen and oxygen atoms in total. The molecule has 1 aliphatic heterocycles. The van der Waals surface area contributed by atoms with E-state index in [1.807, 2.05) is 11.8 Å². The lowest BCUT2D eigenvalue weighted by Crippen LogP contribution is -2.52. The lowest BCUT2D eigenvalue weighted by atomic mass is 9.88. The Morgan fingerprint density at radius 3 is 2.46 bits per heavy atom. The lowest BCUT2D eigenvalue weighted by molar-refractivity contribution is 0.101. The van der Waals surface area contributed by atoms with Crippen molar-refractivity contribution in [3.8, 4) is 5.69 Å². The number of halogens is 2. The topological polar surface area (TPSA) is 111 Å². The predicted octanol–water partition coefficient (Wildman–Crippen LogP) is 2.76. The van der Waals surface area contributed by atoms with Gasteiger partial charge >= 0.3 is 0 Å². The molecule has 1 unspecified atom stereocenters. The number of hydrogen-bond donors (Lipinski definition) is 1. The van der Waals surface area contributed by atoms with E-state index in [1.54, 1.807) is 0 Å². The van der Waals surface area contributed by atoms with Crippen molar-refractivity contribution in [3.63, 3.8) is 0 Å². The first kappa shape index (κ1) is 26.2. The van der Waals surface area contributed by atoms with Gasteiger partial charge in [-0.25, -0.2) is 18.3 Å². The SMILES string of the molecule is CC(=O)c1cnc(N)nc1N1C[C@H](C)C1c1nn2ccc(F)c2c(=O)n1-c1ccc(F)cc1.S.S. The van der Waals surface area contributed by atoms with E-state index >= 15 is 0 Å². The van der Waals surface area contributed by atoms with Crippen LogP contribution in [0.1, 0.15) is 36.1 Å². The number of rotatable bonds is 4. The summed E-state index contributed by atoms with van der Waals surface area (Å²) in [5, 5.41) is 4.55. The van der Waals surface area contributed by atoms with Crippen molar-refractivity contribution in [3.05, 3.63) is 76.1 Å². The van der Waals surface area contributed by atoms with Gasteiger partial charge in [-0.15, -0.1) is 0 Å². The van der Waals surface area contributed by atoms with Crippen LogP contribution in [-0.2, 0) is 0 Å². The van der Waals surface area contributed by atoms with Crippen molar-refractivity contribution >= 4 is 50.1 Å². The molecule has 0 spiro atoms. The van der Waals surface area contributed by atoms with Gasteiger partial charge in [0.1, 0.15) is 11.6 Å². The fourth-order valence-corrected chi connectivity index (χ4v) is 4.24. The van der Waals surface area contributed by atoms with E-state index in [4.69, 9.17) is 5.73 Å².